The summed E-state index contributed by atoms with van der Waals surface area (Å²) in [5.74, 6) is -0.172. The van der Waals surface area contributed by atoms with Gasteiger partial charge in [-0.1, -0.05) is 6.58 Å². The molecule has 0 aromatic carbocycles. The van der Waals surface area contributed by atoms with Crippen molar-refractivity contribution in [3.63, 3.8) is 0 Å². The molecule has 0 aliphatic rings. The zero-order valence-corrected chi connectivity index (χ0v) is 5.20. The van der Waals surface area contributed by atoms with E-state index in [0.717, 1.165) is 6.08 Å². The molecule has 0 aliphatic heterocycles. The van der Waals surface area contributed by atoms with Gasteiger partial charge in [-0.3, -0.25) is 0 Å². The van der Waals surface area contributed by atoms with E-state index in [1.165, 1.54) is 12.5 Å². The third kappa shape index (κ3) is 1.45. The number of nitrogens with one attached hydrogen (secondary N) is 1. The summed E-state index contributed by atoms with van der Waals surface area (Å²) >= 11 is 0. The average Bonchev–Trinajstić information content (AvgIpc) is 2.40. The summed E-state index contributed by atoms with van der Waals surface area (Å²) in [5.41, 5.74) is 0. The first-order chi connectivity index (χ1) is 4.83. The number of hydrogen-bond acceptors (Lipinski definition) is 3. The van der Waals surface area contributed by atoms with Crippen LogP contribution in [-0.2, 0) is 4.79 Å². The lowest BCUT2D eigenvalue weighted by atomic mass is 10.6. The minimum absolute atomic E-state index is 0.324. The maximum atomic E-state index is 10.5. The quantitative estimate of drug-likeness (QED) is 0.478. The molecular formula is C6H6N2O2. The SMILES string of the molecule is C=CC(=O)Oc1cnc[nH]1. The van der Waals surface area contributed by atoms with Gasteiger partial charge in [0.1, 0.15) is 0 Å². The third-order valence-corrected chi connectivity index (χ3v) is 0.850. The lowest BCUT2D eigenvalue weighted by molar-refractivity contribution is -0.129. The van der Waals surface area contributed by atoms with E-state index in [0.29, 0.717) is 5.88 Å². The van der Waals surface area contributed by atoms with E-state index in [2.05, 4.69) is 21.3 Å². The number of esters is 1. The summed E-state index contributed by atoms with van der Waals surface area (Å²) in [5, 5.41) is 0. The van der Waals surface area contributed by atoms with Gasteiger partial charge in [0.05, 0.1) is 12.5 Å². The van der Waals surface area contributed by atoms with Crippen molar-refractivity contribution in [1.29, 1.82) is 0 Å². The largest absolute Gasteiger partial charge is 0.405 e. The molecule has 0 atom stereocenters. The number of imidazole rings is 1. The fraction of sp³-hybridized carbons (Fsp3) is 0. The summed E-state index contributed by atoms with van der Waals surface area (Å²) < 4.78 is 4.63. The van der Waals surface area contributed by atoms with Gasteiger partial charge >= 0.3 is 5.97 Å². The van der Waals surface area contributed by atoms with Crippen LogP contribution < -0.4 is 4.74 Å². The first-order valence-corrected chi connectivity index (χ1v) is 2.65. The van der Waals surface area contributed by atoms with Crippen LogP contribution in [0.5, 0.6) is 5.88 Å². The second-order valence-corrected chi connectivity index (χ2v) is 1.54. The van der Waals surface area contributed by atoms with Gasteiger partial charge < -0.3 is 9.72 Å². The van der Waals surface area contributed by atoms with Gasteiger partial charge in [0.25, 0.3) is 0 Å². The number of rotatable bonds is 2. The summed E-state index contributed by atoms with van der Waals surface area (Å²) in [6, 6.07) is 0. The Kier molecular flexibility index (Phi) is 1.84. The minimum atomic E-state index is -0.496. The van der Waals surface area contributed by atoms with Crippen LogP contribution in [0.25, 0.3) is 0 Å². The van der Waals surface area contributed by atoms with Gasteiger partial charge in [-0.25, -0.2) is 9.78 Å². The molecule has 0 fully saturated rings. The molecule has 0 amide bonds. The second-order valence-electron chi connectivity index (χ2n) is 1.54. The normalized spacial score (nSPS) is 8.80. The van der Waals surface area contributed by atoms with Gasteiger partial charge in [-0.05, 0) is 0 Å². The Bertz CT molecular complexity index is 228. The predicted octanol–water partition coefficient (Wildman–Crippen LogP) is 0.501. The van der Waals surface area contributed by atoms with E-state index < -0.39 is 5.97 Å². The van der Waals surface area contributed by atoms with Crippen LogP contribution in [0.3, 0.4) is 0 Å². The molecule has 0 saturated heterocycles. The monoisotopic (exact) mass is 138 g/mol. The van der Waals surface area contributed by atoms with E-state index in [1.54, 1.807) is 0 Å². The molecule has 4 nitrogen and oxygen atoms in total. The second kappa shape index (κ2) is 2.82. The molecule has 0 spiro atoms. The lowest BCUT2D eigenvalue weighted by Gasteiger charge is -1.92. The fourth-order valence-electron chi connectivity index (χ4n) is 0.449. The standard InChI is InChI=1S/C6H6N2O2/c1-2-6(9)10-5-3-7-4-8-5/h2-4H,1H2,(H,7,8). The molecule has 1 aromatic heterocycles. The molecule has 0 aliphatic carbocycles. The Morgan fingerprint density at radius 2 is 2.70 bits per heavy atom. The van der Waals surface area contributed by atoms with Crippen molar-refractivity contribution in [2.75, 3.05) is 0 Å². The van der Waals surface area contributed by atoms with Gasteiger partial charge in [-0.2, -0.15) is 0 Å². The predicted molar refractivity (Wildman–Crippen MR) is 34.4 cm³/mol. The summed E-state index contributed by atoms with van der Waals surface area (Å²) in [6.45, 7) is 3.23. The average molecular weight is 138 g/mol. The Balaban J connectivity index is 2.56. The van der Waals surface area contributed by atoms with Crippen LogP contribution in [0.2, 0.25) is 0 Å². The minimum Gasteiger partial charge on any atom is -0.405 e. The lowest BCUT2D eigenvalue weighted by Crippen LogP contribution is -2.02. The van der Waals surface area contributed by atoms with Crippen molar-refractivity contribution in [2.45, 2.75) is 0 Å². The molecule has 0 saturated carbocycles. The van der Waals surface area contributed by atoms with Crippen LogP contribution >= 0.6 is 0 Å². The van der Waals surface area contributed by atoms with Crippen LogP contribution in [0, 0.1) is 0 Å². The van der Waals surface area contributed by atoms with Crippen molar-refractivity contribution in [3.8, 4) is 5.88 Å². The molecule has 1 N–H and O–H groups in total. The topological polar surface area (TPSA) is 55.0 Å². The summed E-state index contributed by atoms with van der Waals surface area (Å²) in [6.07, 6.45) is 3.91. The van der Waals surface area contributed by atoms with Crippen molar-refractivity contribution in [1.82, 2.24) is 9.97 Å². The molecular weight excluding hydrogens is 132 g/mol. The Hall–Kier alpha value is -1.58. The highest BCUT2D eigenvalue weighted by Gasteiger charge is 1.97. The molecule has 0 bridgehead atoms. The highest BCUT2D eigenvalue weighted by Crippen LogP contribution is 2.00. The molecule has 0 radical (unpaired) electrons. The van der Waals surface area contributed by atoms with Crippen LogP contribution in [-0.4, -0.2) is 15.9 Å². The number of aromatic nitrogens is 2. The van der Waals surface area contributed by atoms with Crippen LogP contribution in [0.4, 0.5) is 0 Å². The molecule has 52 valence electrons. The van der Waals surface area contributed by atoms with Crippen molar-refractivity contribution < 1.29 is 9.53 Å². The highest BCUT2D eigenvalue weighted by molar-refractivity contribution is 5.82. The zero-order chi connectivity index (χ0) is 7.40. The third-order valence-electron chi connectivity index (χ3n) is 0.850. The first kappa shape index (κ1) is 6.54. The van der Waals surface area contributed by atoms with Crippen molar-refractivity contribution in [2.24, 2.45) is 0 Å². The fourth-order valence-corrected chi connectivity index (χ4v) is 0.449. The maximum Gasteiger partial charge on any atom is 0.336 e. The van der Waals surface area contributed by atoms with E-state index in [4.69, 9.17) is 0 Å². The highest BCUT2D eigenvalue weighted by atomic mass is 16.5. The zero-order valence-electron chi connectivity index (χ0n) is 5.20. The molecule has 10 heavy (non-hydrogen) atoms. The van der Waals surface area contributed by atoms with Gasteiger partial charge in [0.2, 0.25) is 5.88 Å². The van der Waals surface area contributed by atoms with Crippen molar-refractivity contribution in [3.05, 3.63) is 25.2 Å². The van der Waals surface area contributed by atoms with Gasteiger partial charge in [0.15, 0.2) is 0 Å². The van der Waals surface area contributed by atoms with E-state index >= 15 is 0 Å². The number of carbonyl (C=O) groups excluding carboxylic acids is 1. The van der Waals surface area contributed by atoms with E-state index in [-0.39, 0.29) is 0 Å². The molecule has 4 heteroatoms. The van der Waals surface area contributed by atoms with E-state index in [1.807, 2.05) is 0 Å². The molecule has 1 heterocycles. The first-order valence-electron chi connectivity index (χ1n) is 2.65. The van der Waals surface area contributed by atoms with Gasteiger partial charge in [0, 0.05) is 6.08 Å². The molecule has 0 unspecified atom stereocenters. The number of H-pyrrole nitrogens is 1. The number of hydrogen-bond donors (Lipinski definition) is 1. The summed E-state index contributed by atoms with van der Waals surface area (Å²) in [4.78, 5) is 16.7. The molecule has 1 aromatic rings. The number of nitrogens with zero attached hydrogens (tertiary/aromatic N) is 1. The molecule has 1 rings (SSSR count). The Labute approximate surface area is 57.5 Å². The van der Waals surface area contributed by atoms with Crippen LogP contribution in [0.1, 0.15) is 0 Å². The number of carbonyl (C=O) groups is 1. The smallest absolute Gasteiger partial charge is 0.336 e. The van der Waals surface area contributed by atoms with E-state index in [9.17, 15) is 4.79 Å². The number of aromatic amines is 1. The maximum absolute atomic E-state index is 10.5. The Morgan fingerprint density at radius 1 is 1.90 bits per heavy atom. The Morgan fingerprint density at radius 3 is 3.20 bits per heavy atom. The summed E-state index contributed by atoms with van der Waals surface area (Å²) in [7, 11) is 0. The van der Waals surface area contributed by atoms with Crippen molar-refractivity contribution >= 4 is 5.97 Å². The number of ether oxygens (including phenoxy) is 1. The van der Waals surface area contributed by atoms with Crippen LogP contribution in [0.15, 0.2) is 25.2 Å². The van der Waals surface area contributed by atoms with Gasteiger partial charge in [-0.15, -0.1) is 0 Å².